The Labute approximate surface area is 256 Å². The van der Waals surface area contributed by atoms with Gasteiger partial charge in [0.05, 0.1) is 24.0 Å². The predicted octanol–water partition coefficient (Wildman–Crippen LogP) is 7.24. The summed E-state index contributed by atoms with van der Waals surface area (Å²) in [6, 6.07) is 31.6. The molecule has 1 aliphatic heterocycles. The van der Waals surface area contributed by atoms with E-state index >= 15 is 0 Å². The van der Waals surface area contributed by atoms with E-state index in [9.17, 15) is 9.59 Å². The lowest BCUT2D eigenvalue weighted by Gasteiger charge is -2.28. The SMILES string of the molecule is C=COC(C)Oc1ccc(C(=O)OC(c2ccccc2)C(OC(=O)c2ccc(OCC3(C)CO3)cc2)c2ccccc2)cc1. The molecule has 1 aliphatic rings. The first-order valence-corrected chi connectivity index (χ1v) is 14.3. The zero-order valence-electron chi connectivity index (χ0n) is 24.6. The van der Waals surface area contributed by atoms with Gasteiger partial charge in [-0.25, -0.2) is 9.59 Å². The number of hydrogen-bond donors (Lipinski definition) is 0. The third-order valence-corrected chi connectivity index (χ3v) is 6.95. The number of benzene rings is 4. The Morgan fingerprint density at radius 2 is 1.23 bits per heavy atom. The van der Waals surface area contributed by atoms with Crippen molar-refractivity contribution in [2.24, 2.45) is 0 Å². The highest BCUT2D eigenvalue weighted by molar-refractivity contribution is 5.90. The zero-order chi connectivity index (χ0) is 30.9. The quantitative estimate of drug-likeness (QED) is 0.0653. The van der Waals surface area contributed by atoms with E-state index in [1.54, 1.807) is 55.5 Å². The fraction of sp³-hybridized carbons (Fsp3) is 0.222. The van der Waals surface area contributed by atoms with Gasteiger partial charge >= 0.3 is 11.9 Å². The molecule has 1 fully saturated rings. The molecule has 8 heteroatoms. The maximum atomic E-state index is 13.5. The van der Waals surface area contributed by atoms with E-state index < -0.39 is 30.4 Å². The highest BCUT2D eigenvalue weighted by Gasteiger charge is 2.40. The van der Waals surface area contributed by atoms with Crippen LogP contribution in [-0.4, -0.2) is 37.0 Å². The molecule has 0 aliphatic carbocycles. The van der Waals surface area contributed by atoms with Gasteiger partial charge in [0.1, 0.15) is 23.7 Å². The van der Waals surface area contributed by atoms with Gasteiger partial charge in [0.2, 0.25) is 6.29 Å². The largest absolute Gasteiger partial charge is 0.491 e. The van der Waals surface area contributed by atoms with E-state index in [1.165, 1.54) is 6.26 Å². The first kappa shape index (κ1) is 30.4. The number of epoxide rings is 1. The Kier molecular flexibility index (Phi) is 9.62. The summed E-state index contributed by atoms with van der Waals surface area (Å²) in [5.41, 5.74) is 1.71. The summed E-state index contributed by atoms with van der Waals surface area (Å²) >= 11 is 0. The van der Waals surface area contributed by atoms with Crippen molar-refractivity contribution in [2.45, 2.75) is 37.9 Å². The topological polar surface area (TPSA) is 92.8 Å². The van der Waals surface area contributed by atoms with Gasteiger partial charge in [-0.15, -0.1) is 0 Å². The number of rotatable bonds is 14. The molecule has 0 N–H and O–H groups in total. The second kappa shape index (κ2) is 13.9. The molecular formula is C36H34O8. The zero-order valence-corrected chi connectivity index (χ0v) is 24.6. The molecule has 0 aromatic heterocycles. The summed E-state index contributed by atoms with van der Waals surface area (Å²) in [6.45, 7) is 8.31. The Morgan fingerprint density at radius 1 is 0.773 bits per heavy atom. The summed E-state index contributed by atoms with van der Waals surface area (Å²) in [7, 11) is 0. The highest BCUT2D eigenvalue weighted by atomic mass is 16.7. The van der Waals surface area contributed by atoms with Crippen LogP contribution >= 0.6 is 0 Å². The van der Waals surface area contributed by atoms with Crippen LogP contribution in [0.15, 0.2) is 122 Å². The molecule has 1 heterocycles. The minimum Gasteiger partial charge on any atom is -0.491 e. The third-order valence-electron chi connectivity index (χ3n) is 6.95. The average Bonchev–Trinajstić information content (AvgIpc) is 3.80. The lowest BCUT2D eigenvalue weighted by molar-refractivity contribution is -0.0388. The first-order chi connectivity index (χ1) is 21.3. The van der Waals surface area contributed by atoms with Gasteiger partial charge in [-0.2, -0.15) is 0 Å². The number of carbonyl (C=O) groups excluding carboxylic acids is 2. The van der Waals surface area contributed by atoms with Gasteiger partial charge in [0.25, 0.3) is 0 Å². The lowest BCUT2D eigenvalue weighted by atomic mass is 9.97. The minimum atomic E-state index is -0.950. The summed E-state index contributed by atoms with van der Waals surface area (Å²) in [5.74, 6) is -0.0315. The molecule has 1 saturated heterocycles. The van der Waals surface area contributed by atoms with Crippen molar-refractivity contribution in [3.63, 3.8) is 0 Å². The molecule has 4 atom stereocenters. The number of esters is 2. The van der Waals surface area contributed by atoms with Crippen LogP contribution in [0.4, 0.5) is 0 Å². The van der Waals surface area contributed by atoms with E-state index in [0.717, 1.165) is 0 Å². The van der Waals surface area contributed by atoms with E-state index in [0.29, 0.717) is 47.0 Å². The van der Waals surface area contributed by atoms with E-state index in [-0.39, 0.29) is 5.60 Å². The van der Waals surface area contributed by atoms with Gasteiger partial charge in [-0.05, 0) is 66.6 Å². The molecule has 4 unspecified atom stereocenters. The van der Waals surface area contributed by atoms with Crippen molar-refractivity contribution in [3.05, 3.63) is 144 Å². The van der Waals surface area contributed by atoms with Gasteiger partial charge in [0.15, 0.2) is 12.2 Å². The molecule has 0 saturated carbocycles. The summed E-state index contributed by atoms with van der Waals surface area (Å²) < 4.78 is 34.2. The Hall–Kier alpha value is -5.08. The fourth-order valence-corrected chi connectivity index (χ4v) is 4.42. The van der Waals surface area contributed by atoms with Gasteiger partial charge in [-0.1, -0.05) is 67.2 Å². The normalized spacial score (nSPS) is 17.3. The van der Waals surface area contributed by atoms with Crippen molar-refractivity contribution < 1.29 is 38.0 Å². The Bertz CT molecular complexity index is 1530. The molecule has 8 nitrogen and oxygen atoms in total. The molecule has 0 bridgehead atoms. The smallest absolute Gasteiger partial charge is 0.338 e. The fourth-order valence-electron chi connectivity index (χ4n) is 4.42. The van der Waals surface area contributed by atoms with Gasteiger partial charge in [-0.3, -0.25) is 0 Å². The van der Waals surface area contributed by atoms with Crippen molar-refractivity contribution in [2.75, 3.05) is 13.2 Å². The maximum absolute atomic E-state index is 13.5. The third kappa shape index (κ3) is 8.05. The second-order valence-corrected chi connectivity index (χ2v) is 10.5. The van der Waals surface area contributed by atoms with Crippen LogP contribution in [0.1, 0.15) is 57.9 Å². The first-order valence-electron chi connectivity index (χ1n) is 14.3. The summed E-state index contributed by atoms with van der Waals surface area (Å²) in [6.07, 6.45) is -1.14. The molecule has 4 aromatic carbocycles. The minimum absolute atomic E-state index is 0.251. The van der Waals surface area contributed by atoms with Crippen molar-refractivity contribution in [1.82, 2.24) is 0 Å². The standard InChI is InChI=1S/C36H34O8/c1-4-39-25(2)42-31-21-17-29(18-22-31)35(38)44-33(27-13-9-6-10-14-27)32(26-11-7-5-8-12-26)43-34(37)28-15-19-30(20-16-28)40-23-36(3)24-41-36/h4-22,25,32-33H,1,23-24H2,2-3H3. The van der Waals surface area contributed by atoms with E-state index in [4.69, 9.17) is 28.4 Å². The van der Waals surface area contributed by atoms with Crippen LogP contribution in [0.25, 0.3) is 0 Å². The monoisotopic (exact) mass is 594 g/mol. The van der Waals surface area contributed by atoms with Crippen molar-refractivity contribution in [3.8, 4) is 11.5 Å². The summed E-state index contributed by atoms with van der Waals surface area (Å²) in [5, 5.41) is 0. The Morgan fingerprint density at radius 3 is 1.66 bits per heavy atom. The van der Waals surface area contributed by atoms with Crippen molar-refractivity contribution >= 4 is 11.9 Å². The molecule has 44 heavy (non-hydrogen) atoms. The number of carbonyl (C=O) groups is 2. The van der Waals surface area contributed by atoms with E-state index in [1.807, 2.05) is 67.6 Å². The van der Waals surface area contributed by atoms with Crippen LogP contribution in [0, 0.1) is 0 Å². The highest BCUT2D eigenvalue weighted by Crippen LogP contribution is 2.37. The Balaban J connectivity index is 1.37. The van der Waals surface area contributed by atoms with Crippen LogP contribution in [-0.2, 0) is 18.9 Å². The molecule has 226 valence electrons. The van der Waals surface area contributed by atoms with Crippen LogP contribution in [0.2, 0.25) is 0 Å². The van der Waals surface area contributed by atoms with Crippen LogP contribution in [0.5, 0.6) is 11.5 Å². The molecule has 0 radical (unpaired) electrons. The molecule has 0 spiro atoms. The molecule has 4 aromatic rings. The van der Waals surface area contributed by atoms with Gasteiger partial charge < -0.3 is 28.4 Å². The van der Waals surface area contributed by atoms with E-state index in [2.05, 4.69) is 6.58 Å². The van der Waals surface area contributed by atoms with Crippen LogP contribution in [0.3, 0.4) is 0 Å². The second-order valence-electron chi connectivity index (χ2n) is 10.5. The average molecular weight is 595 g/mol. The molecular weight excluding hydrogens is 560 g/mol. The van der Waals surface area contributed by atoms with Crippen molar-refractivity contribution in [1.29, 1.82) is 0 Å². The maximum Gasteiger partial charge on any atom is 0.338 e. The van der Waals surface area contributed by atoms with Gasteiger partial charge in [0, 0.05) is 6.92 Å². The number of ether oxygens (including phenoxy) is 6. The molecule has 0 amide bonds. The number of hydrogen-bond acceptors (Lipinski definition) is 8. The predicted molar refractivity (Wildman–Crippen MR) is 163 cm³/mol. The molecule has 5 rings (SSSR count). The lowest BCUT2D eigenvalue weighted by Crippen LogP contribution is -2.23. The summed E-state index contributed by atoms with van der Waals surface area (Å²) in [4.78, 5) is 26.9. The van der Waals surface area contributed by atoms with Crippen LogP contribution < -0.4 is 9.47 Å².